The molecule has 0 aliphatic rings. The summed E-state index contributed by atoms with van der Waals surface area (Å²) in [7, 11) is 0. The van der Waals surface area contributed by atoms with Crippen LogP contribution in [0.1, 0.15) is 31.9 Å². The number of rotatable bonds is 5. The first kappa shape index (κ1) is 23.9. The van der Waals surface area contributed by atoms with Gasteiger partial charge in [0.25, 0.3) is 0 Å². The highest BCUT2D eigenvalue weighted by Crippen LogP contribution is 2.33. The number of anilines is 1. The molecule has 0 aliphatic heterocycles. The van der Waals surface area contributed by atoms with Gasteiger partial charge in [0.1, 0.15) is 11.4 Å². The fourth-order valence-corrected chi connectivity index (χ4v) is 4.06. The number of alkyl carbamates (subject to hydrolysis) is 1. The average Bonchev–Trinajstić information content (AvgIpc) is 3.11. The topological polar surface area (TPSA) is 90.0 Å². The largest absolute Gasteiger partial charge is 0.444 e. The average molecular weight is 497 g/mol. The molecule has 8 heteroatoms. The number of hydrogen-bond acceptors (Lipinski definition) is 3. The van der Waals surface area contributed by atoms with E-state index in [9.17, 15) is 4.79 Å². The van der Waals surface area contributed by atoms with Crippen LogP contribution in [-0.4, -0.2) is 29.1 Å². The van der Waals surface area contributed by atoms with Gasteiger partial charge in [-0.25, -0.2) is 4.79 Å². The summed E-state index contributed by atoms with van der Waals surface area (Å²) < 4.78 is 5.34. The fraction of sp³-hybridized carbons (Fsp3) is 0.231. The number of halogens is 2. The van der Waals surface area contributed by atoms with Crippen molar-refractivity contribution >= 4 is 62.6 Å². The van der Waals surface area contributed by atoms with Crippen molar-refractivity contribution in [3.8, 4) is 0 Å². The Balaban J connectivity index is 1.65. The minimum absolute atomic E-state index is 0.256. The zero-order chi connectivity index (χ0) is 24.5. The highest BCUT2D eigenvalue weighted by molar-refractivity contribution is 6.32. The van der Waals surface area contributed by atoms with Gasteiger partial charge in [0, 0.05) is 49.6 Å². The van der Waals surface area contributed by atoms with E-state index in [1.54, 1.807) is 24.3 Å². The Bertz CT molecular complexity index is 1370. The van der Waals surface area contributed by atoms with E-state index < -0.39 is 11.7 Å². The van der Waals surface area contributed by atoms with Gasteiger partial charge in [-0.05, 0) is 87.4 Å². The summed E-state index contributed by atoms with van der Waals surface area (Å²) in [5.74, 6) is 0.256. The van der Waals surface area contributed by atoms with Gasteiger partial charge in [-0.2, -0.15) is 0 Å². The summed E-state index contributed by atoms with van der Waals surface area (Å²) in [4.78, 5) is 15.5. The number of ether oxygens (including phenoxy) is 1. The third kappa shape index (κ3) is 5.64. The van der Waals surface area contributed by atoms with Crippen LogP contribution in [0.5, 0.6) is 0 Å². The maximum Gasteiger partial charge on any atom is 0.407 e. The molecule has 6 nitrogen and oxygen atoms in total. The van der Waals surface area contributed by atoms with Gasteiger partial charge >= 0.3 is 6.09 Å². The molecule has 4 aromatic rings. The van der Waals surface area contributed by atoms with Gasteiger partial charge in [-0.1, -0.05) is 23.2 Å². The van der Waals surface area contributed by atoms with Crippen molar-refractivity contribution in [3.63, 3.8) is 0 Å². The van der Waals surface area contributed by atoms with Gasteiger partial charge in [0.15, 0.2) is 0 Å². The lowest BCUT2D eigenvalue weighted by molar-refractivity contribution is 0.0528. The third-order valence-corrected chi connectivity index (χ3v) is 5.70. The first-order chi connectivity index (χ1) is 16.1. The summed E-state index contributed by atoms with van der Waals surface area (Å²) in [6.07, 6.45) is 0.117. The first-order valence-electron chi connectivity index (χ1n) is 10.9. The van der Waals surface area contributed by atoms with Crippen molar-refractivity contribution in [1.82, 2.24) is 10.3 Å². The van der Waals surface area contributed by atoms with Gasteiger partial charge in [-0.3, -0.25) is 5.41 Å². The Labute approximate surface area is 208 Å². The molecule has 3 aromatic carbocycles. The second-order valence-corrected chi connectivity index (χ2v) is 9.93. The van der Waals surface area contributed by atoms with Crippen LogP contribution in [0.3, 0.4) is 0 Å². The van der Waals surface area contributed by atoms with E-state index >= 15 is 0 Å². The van der Waals surface area contributed by atoms with Crippen molar-refractivity contribution in [2.75, 3.05) is 11.9 Å². The molecule has 4 N–H and O–H groups in total. The Morgan fingerprint density at radius 1 is 1.00 bits per heavy atom. The molecule has 0 atom stereocenters. The molecule has 34 heavy (non-hydrogen) atoms. The smallest absolute Gasteiger partial charge is 0.407 e. The van der Waals surface area contributed by atoms with Crippen molar-refractivity contribution < 1.29 is 9.53 Å². The normalized spacial score (nSPS) is 11.6. The van der Waals surface area contributed by atoms with Crippen LogP contribution in [0, 0.1) is 5.41 Å². The Morgan fingerprint density at radius 3 is 2.41 bits per heavy atom. The van der Waals surface area contributed by atoms with Gasteiger partial charge in [0.2, 0.25) is 0 Å². The van der Waals surface area contributed by atoms with E-state index in [0.717, 1.165) is 38.6 Å². The number of amides is 1. The monoisotopic (exact) mass is 496 g/mol. The molecular formula is C26H26Cl2N4O2. The van der Waals surface area contributed by atoms with E-state index in [4.69, 9.17) is 33.3 Å². The number of carbonyl (C=O) groups excluding carboxylic acids is 1. The van der Waals surface area contributed by atoms with E-state index in [1.807, 2.05) is 51.1 Å². The molecule has 0 spiro atoms. The summed E-state index contributed by atoms with van der Waals surface area (Å²) in [5, 5.41) is 17.7. The van der Waals surface area contributed by atoms with Crippen LogP contribution in [0.25, 0.3) is 21.8 Å². The van der Waals surface area contributed by atoms with Crippen LogP contribution < -0.4 is 10.6 Å². The SMILES string of the molecule is CC(C)(C)OC(=O)NCCc1cc(NC(=N)c2ccc(Cl)cc2)cc2c1[nH]c1ccc(Cl)cc12. The van der Waals surface area contributed by atoms with Crippen LogP contribution in [0.15, 0.2) is 54.6 Å². The number of aromatic amines is 1. The van der Waals surface area contributed by atoms with Gasteiger partial charge in [-0.15, -0.1) is 0 Å². The van der Waals surface area contributed by atoms with Crippen molar-refractivity contribution in [2.45, 2.75) is 32.8 Å². The Morgan fingerprint density at radius 2 is 1.71 bits per heavy atom. The number of aromatic nitrogens is 1. The lowest BCUT2D eigenvalue weighted by Gasteiger charge is -2.19. The lowest BCUT2D eigenvalue weighted by Crippen LogP contribution is -2.33. The molecule has 0 saturated heterocycles. The molecule has 1 amide bonds. The van der Waals surface area contributed by atoms with Gasteiger partial charge < -0.3 is 20.4 Å². The molecule has 0 bridgehead atoms. The second-order valence-electron chi connectivity index (χ2n) is 9.06. The van der Waals surface area contributed by atoms with Crippen molar-refractivity contribution in [3.05, 3.63) is 75.8 Å². The molecule has 176 valence electrons. The van der Waals surface area contributed by atoms with E-state index in [2.05, 4.69) is 15.6 Å². The van der Waals surface area contributed by atoms with Crippen molar-refractivity contribution in [2.24, 2.45) is 0 Å². The predicted molar refractivity (Wildman–Crippen MR) is 141 cm³/mol. The van der Waals surface area contributed by atoms with Crippen LogP contribution >= 0.6 is 23.2 Å². The molecule has 0 fully saturated rings. The molecule has 0 unspecified atom stereocenters. The van der Waals surface area contributed by atoms with E-state index in [1.165, 1.54) is 0 Å². The van der Waals surface area contributed by atoms with Crippen LogP contribution in [0.4, 0.5) is 10.5 Å². The number of nitrogens with one attached hydrogen (secondary N) is 4. The molecular weight excluding hydrogens is 471 g/mol. The first-order valence-corrected chi connectivity index (χ1v) is 11.7. The zero-order valence-corrected chi connectivity index (χ0v) is 20.7. The highest BCUT2D eigenvalue weighted by atomic mass is 35.5. The predicted octanol–water partition coefficient (Wildman–Crippen LogP) is 7.13. The summed E-state index contributed by atoms with van der Waals surface area (Å²) in [6.45, 7) is 5.89. The molecule has 1 heterocycles. The molecule has 0 saturated carbocycles. The number of hydrogen-bond donors (Lipinski definition) is 4. The molecule has 0 aliphatic carbocycles. The van der Waals surface area contributed by atoms with E-state index in [-0.39, 0.29) is 5.84 Å². The lowest BCUT2D eigenvalue weighted by atomic mass is 10.0. The maximum atomic E-state index is 12.1. The highest BCUT2D eigenvalue weighted by Gasteiger charge is 2.16. The third-order valence-electron chi connectivity index (χ3n) is 5.22. The summed E-state index contributed by atoms with van der Waals surface area (Å²) >= 11 is 12.2. The number of fused-ring (bicyclic) bond motifs is 3. The van der Waals surface area contributed by atoms with E-state index in [0.29, 0.717) is 23.0 Å². The summed E-state index contributed by atoms with van der Waals surface area (Å²) in [6, 6.07) is 16.8. The molecule has 1 aromatic heterocycles. The van der Waals surface area contributed by atoms with Gasteiger partial charge in [0.05, 0.1) is 0 Å². The Kier molecular flexibility index (Phi) is 6.73. The summed E-state index contributed by atoms with van der Waals surface area (Å²) in [5.41, 5.74) is 3.85. The van der Waals surface area contributed by atoms with Crippen LogP contribution in [0.2, 0.25) is 10.0 Å². The standard InChI is InChI=1S/C26H26Cl2N4O2/c1-26(2,3)34-25(33)30-11-10-16-12-19(31-24(29)15-4-6-17(27)7-5-15)14-21-20-13-18(28)8-9-22(20)32-23(16)21/h4-9,12-14,32H,10-11H2,1-3H3,(H2,29,31)(H,30,33). The minimum Gasteiger partial charge on any atom is -0.444 e. The quantitative estimate of drug-likeness (QED) is 0.175. The maximum absolute atomic E-state index is 12.1. The zero-order valence-electron chi connectivity index (χ0n) is 19.2. The molecule has 4 rings (SSSR count). The molecule has 0 radical (unpaired) electrons. The fourth-order valence-electron chi connectivity index (χ4n) is 3.76. The number of benzene rings is 3. The number of H-pyrrole nitrogens is 1. The Hall–Kier alpha value is -3.22. The second kappa shape index (κ2) is 9.57. The number of amidine groups is 1. The van der Waals surface area contributed by atoms with Crippen LogP contribution in [-0.2, 0) is 11.2 Å². The van der Waals surface area contributed by atoms with Crippen molar-refractivity contribution in [1.29, 1.82) is 5.41 Å². The minimum atomic E-state index is -0.556. The number of carbonyl (C=O) groups is 1.